The van der Waals surface area contributed by atoms with E-state index >= 15 is 0 Å². The molecule has 1 heterocycles. The molecule has 4 aromatic rings. The standard InChI is InChI=1S/C33H31FO7/c34-28-18-16-27(17-19-28)29-20-32(36,39-22-25-12-6-2-7-13-25)33(37,40-23-26-14-8-3-9-15-26)30(41-29)31(35)38-21-24-10-4-1-5-11-24/h1-20,30-31,35-37H,21-23H2/t30-,31?,32+,33+/m1/s1. The largest absolute Gasteiger partial charge is 0.479 e. The zero-order valence-electron chi connectivity index (χ0n) is 22.2. The van der Waals surface area contributed by atoms with Gasteiger partial charge in [0.1, 0.15) is 11.6 Å². The summed E-state index contributed by atoms with van der Waals surface area (Å²) < 4.78 is 37.4. The number of aliphatic hydroxyl groups is 3. The van der Waals surface area contributed by atoms with Crippen LogP contribution in [0.5, 0.6) is 0 Å². The summed E-state index contributed by atoms with van der Waals surface area (Å²) in [6.45, 7) is -0.288. The van der Waals surface area contributed by atoms with Crippen molar-refractivity contribution in [2.24, 2.45) is 0 Å². The molecule has 0 fully saturated rings. The lowest BCUT2D eigenvalue weighted by Crippen LogP contribution is -2.68. The lowest BCUT2D eigenvalue weighted by molar-refractivity contribution is -0.420. The molecule has 0 saturated carbocycles. The average Bonchev–Trinajstić information content (AvgIpc) is 3.01. The number of rotatable bonds is 11. The van der Waals surface area contributed by atoms with Crippen LogP contribution in [0.4, 0.5) is 4.39 Å². The molecule has 3 N–H and O–H groups in total. The molecule has 4 aromatic carbocycles. The fraction of sp³-hybridized carbons (Fsp3) is 0.212. The minimum Gasteiger partial charge on any atom is -0.479 e. The lowest BCUT2D eigenvalue weighted by atomic mass is 9.92. The summed E-state index contributed by atoms with van der Waals surface area (Å²) in [5, 5.41) is 35.4. The van der Waals surface area contributed by atoms with Crippen LogP contribution >= 0.6 is 0 Å². The van der Waals surface area contributed by atoms with Crippen molar-refractivity contribution in [2.75, 3.05) is 0 Å². The minimum absolute atomic E-state index is 0.0183. The van der Waals surface area contributed by atoms with Crippen LogP contribution < -0.4 is 0 Å². The molecular formula is C33H31FO7. The van der Waals surface area contributed by atoms with E-state index in [0.717, 1.165) is 11.6 Å². The molecule has 0 bridgehead atoms. The minimum atomic E-state index is -2.66. The fourth-order valence-electron chi connectivity index (χ4n) is 4.46. The van der Waals surface area contributed by atoms with Gasteiger partial charge in [-0.2, -0.15) is 0 Å². The first-order chi connectivity index (χ1) is 19.9. The molecule has 0 amide bonds. The van der Waals surface area contributed by atoms with Gasteiger partial charge in [0.2, 0.25) is 11.9 Å². The van der Waals surface area contributed by atoms with E-state index in [9.17, 15) is 19.7 Å². The molecule has 1 unspecified atom stereocenters. The van der Waals surface area contributed by atoms with Crippen LogP contribution in [0, 0.1) is 5.82 Å². The van der Waals surface area contributed by atoms with Gasteiger partial charge in [-0.15, -0.1) is 0 Å². The van der Waals surface area contributed by atoms with Gasteiger partial charge in [0.25, 0.3) is 5.79 Å². The monoisotopic (exact) mass is 558 g/mol. The maximum atomic E-state index is 13.7. The predicted molar refractivity (Wildman–Crippen MR) is 149 cm³/mol. The summed E-state index contributed by atoms with van der Waals surface area (Å²) in [7, 11) is 0. The van der Waals surface area contributed by atoms with Crippen molar-refractivity contribution in [3.63, 3.8) is 0 Å². The Hall–Kier alpha value is -3.89. The SMILES string of the molecule is OC(OCc1ccccc1)[C@H]1OC(c2ccc(F)cc2)=C[C@](O)(OCc2ccccc2)[C@@]1(O)OCc1ccccc1. The number of benzene rings is 4. The summed E-state index contributed by atoms with van der Waals surface area (Å²) in [4.78, 5) is 0. The van der Waals surface area contributed by atoms with Crippen molar-refractivity contribution in [3.05, 3.63) is 149 Å². The Kier molecular flexibility index (Phi) is 8.90. The highest BCUT2D eigenvalue weighted by Gasteiger charge is 2.63. The van der Waals surface area contributed by atoms with Gasteiger partial charge in [0.15, 0.2) is 6.29 Å². The first-order valence-electron chi connectivity index (χ1n) is 13.2. The van der Waals surface area contributed by atoms with Crippen LogP contribution in [0.2, 0.25) is 0 Å². The molecule has 1 aliphatic rings. The van der Waals surface area contributed by atoms with Crippen molar-refractivity contribution in [1.82, 2.24) is 0 Å². The van der Waals surface area contributed by atoms with Gasteiger partial charge in [-0.25, -0.2) is 4.39 Å². The van der Waals surface area contributed by atoms with Crippen molar-refractivity contribution in [2.45, 2.75) is 43.8 Å². The predicted octanol–water partition coefficient (Wildman–Crippen LogP) is 4.91. The highest BCUT2D eigenvalue weighted by atomic mass is 19.1. The third-order valence-electron chi connectivity index (χ3n) is 6.73. The van der Waals surface area contributed by atoms with E-state index in [1.807, 2.05) is 54.6 Å². The topological polar surface area (TPSA) is 97.6 Å². The second-order valence-corrected chi connectivity index (χ2v) is 9.68. The Morgan fingerprint density at radius 2 is 1.17 bits per heavy atom. The molecule has 0 saturated heterocycles. The van der Waals surface area contributed by atoms with Gasteiger partial charge in [0.05, 0.1) is 19.8 Å². The maximum Gasteiger partial charge on any atom is 0.269 e. The Morgan fingerprint density at radius 3 is 1.71 bits per heavy atom. The van der Waals surface area contributed by atoms with E-state index in [1.165, 1.54) is 24.3 Å². The van der Waals surface area contributed by atoms with Crippen LogP contribution in [0.15, 0.2) is 121 Å². The quantitative estimate of drug-likeness (QED) is 0.225. The van der Waals surface area contributed by atoms with E-state index in [1.54, 1.807) is 36.4 Å². The van der Waals surface area contributed by atoms with Crippen LogP contribution in [0.1, 0.15) is 22.3 Å². The van der Waals surface area contributed by atoms with Gasteiger partial charge >= 0.3 is 0 Å². The Labute approximate surface area is 237 Å². The van der Waals surface area contributed by atoms with Crippen LogP contribution in [0.3, 0.4) is 0 Å². The van der Waals surface area contributed by atoms with Crippen LogP contribution in [0.25, 0.3) is 5.76 Å². The van der Waals surface area contributed by atoms with E-state index in [-0.39, 0.29) is 25.6 Å². The third kappa shape index (κ3) is 6.71. The van der Waals surface area contributed by atoms with Gasteiger partial charge < -0.3 is 34.3 Å². The Bertz CT molecular complexity index is 1420. The van der Waals surface area contributed by atoms with Crippen molar-refractivity contribution < 1.29 is 38.7 Å². The van der Waals surface area contributed by atoms with Crippen molar-refractivity contribution >= 4 is 5.76 Å². The van der Waals surface area contributed by atoms with Crippen LogP contribution in [-0.2, 0) is 38.8 Å². The highest BCUT2D eigenvalue weighted by Crippen LogP contribution is 2.43. The smallest absolute Gasteiger partial charge is 0.269 e. The van der Waals surface area contributed by atoms with E-state index in [2.05, 4.69) is 0 Å². The lowest BCUT2D eigenvalue weighted by Gasteiger charge is -2.48. The number of ether oxygens (including phenoxy) is 4. The third-order valence-corrected chi connectivity index (χ3v) is 6.73. The van der Waals surface area contributed by atoms with E-state index < -0.39 is 29.8 Å². The number of hydrogen-bond acceptors (Lipinski definition) is 7. The van der Waals surface area contributed by atoms with Gasteiger partial charge in [0, 0.05) is 11.6 Å². The Morgan fingerprint density at radius 1 is 0.683 bits per heavy atom. The van der Waals surface area contributed by atoms with E-state index in [0.29, 0.717) is 16.7 Å². The molecule has 1 aliphatic heterocycles. The molecule has 7 nitrogen and oxygen atoms in total. The zero-order chi connectivity index (χ0) is 28.7. The zero-order valence-corrected chi connectivity index (χ0v) is 22.2. The Balaban J connectivity index is 1.52. The number of halogens is 1. The molecule has 0 radical (unpaired) electrons. The summed E-state index contributed by atoms with van der Waals surface area (Å²) in [5.74, 6) is -5.63. The first-order valence-corrected chi connectivity index (χ1v) is 13.2. The molecule has 0 spiro atoms. The number of hydrogen-bond donors (Lipinski definition) is 3. The fourth-order valence-corrected chi connectivity index (χ4v) is 4.46. The van der Waals surface area contributed by atoms with Crippen LogP contribution in [-0.4, -0.2) is 39.3 Å². The maximum absolute atomic E-state index is 13.7. The molecule has 212 valence electrons. The molecule has 8 heteroatoms. The van der Waals surface area contributed by atoms with Crippen molar-refractivity contribution in [3.8, 4) is 0 Å². The second-order valence-electron chi connectivity index (χ2n) is 9.68. The van der Waals surface area contributed by atoms with E-state index in [4.69, 9.17) is 18.9 Å². The molecule has 0 aromatic heterocycles. The number of aliphatic hydroxyl groups excluding tert-OH is 1. The van der Waals surface area contributed by atoms with Gasteiger partial charge in [-0.1, -0.05) is 91.0 Å². The summed E-state index contributed by atoms with van der Waals surface area (Å²) in [5.41, 5.74) is 2.55. The molecular weight excluding hydrogens is 527 g/mol. The summed E-state index contributed by atoms with van der Waals surface area (Å²) in [6.07, 6.45) is -2.32. The molecule has 41 heavy (non-hydrogen) atoms. The normalized spacial score (nSPS) is 22.9. The van der Waals surface area contributed by atoms with Crippen molar-refractivity contribution in [1.29, 1.82) is 0 Å². The average molecular weight is 559 g/mol. The highest BCUT2D eigenvalue weighted by molar-refractivity contribution is 5.62. The molecule has 5 rings (SSSR count). The first kappa shape index (κ1) is 28.6. The summed E-state index contributed by atoms with van der Waals surface area (Å²) >= 11 is 0. The summed E-state index contributed by atoms with van der Waals surface area (Å²) in [6, 6.07) is 32.6. The van der Waals surface area contributed by atoms with Gasteiger partial charge in [-0.05, 0) is 41.0 Å². The van der Waals surface area contributed by atoms with Gasteiger partial charge in [-0.3, -0.25) is 0 Å². The molecule has 4 atom stereocenters. The molecule has 0 aliphatic carbocycles. The second kappa shape index (κ2) is 12.7.